The van der Waals surface area contributed by atoms with Crippen LogP contribution in [0.15, 0.2) is 23.8 Å². The van der Waals surface area contributed by atoms with Gasteiger partial charge in [-0.1, -0.05) is 56.9 Å². The Balaban J connectivity index is 2.60. The van der Waals surface area contributed by atoms with Crippen LogP contribution in [0.5, 0.6) is 0 Å². The van der Waals surface area contributed by atoms with Crippen molar-refractivity contribution in [2.24, 2.45) is 17.3 Å². The van der Waals surface area contributed by atoms with Crippen molar-refractivity contribution in [3.8, 4) is 0 Å². The van der Waals surface area contributed by atoms with E-state index in [4.69, 9.17) is 5.11 Å². The van der Waals surface area contributed by atoms with E-state index >= 15 is 0 Å². The van der Waals surface area contributed by atoms with Gasteiger partial charge in [0.1, 0.15) is 5.78 Å². The van der Waals surface area contributed by atoms with Crippen LogP contribution in [0.25, 0.3) is 0 Å². The second-order valence-corrected chi connectivity index (χ2v) is 9.07. The summed E-state index contributed by atoms with van der Waals surface area (Å²) < 4.78 is 0. The van der Waals surface area contributed by atoms with E-state index in [0.717, 1.165) is 25.7 Å². The minimum atomic E-state index is -0.773. The lowest BCUT2D eigenvalue weighted by Gasteiger charge is -2.28. The van der Waals surface area contributed by atoms with Crippen molar-refractivity contribution in [1.82, 2.24) is 0 Å². The molecule has 3 N–H and O–H groups in total. The quantitative estimate of drug-likeness (QED) is 0.339. The van der Waals surface area contributed by atoms with Gasteiger partial charge in [0.05, 0.1) is 12.2 Å². The first-order valence-electron chi connectivity index (χ1n) is 10.5. The zero-order valence-corrected chi connectivity index (χ0v) is 17.9. The van der Waals surface area contributed by atoms with E-state index in [1.54, 1.807) is 6.08 Å². The highest BCUT2D eigenvalue weighted by molar-refractivity contribution is 5.84. The van der Waals surface area contributed by atoms with Crippen LogP contribution in [0.3, 0.4) is 0 Å². The van der Waals surface area contributed by atoms with Gasteiger partial charge >= 0.3 is 5.97 Å². The van der Waals surface area contributed by atoms with Crippen LogP contribution in [0, 0.1) is 17.3 Å². The Kier molecular flexibility index (Phi) is 10.1. The van der Waals surface area contributed by atoms with E-state index < -0.39 is 18.2 Å². The summed E-state index contributed by atoms with van der Waals surface area (Å²) in [6.45, 7) is 8.08. The van der Waals surface area contributed by atoms with Gasteiger partial charge in [-0.2, -0.15) is 0 Å². The number of aliphatic carboxylic acids is 1. The van der Waals surface area contributed by atoms with E-state index in [1.165, 1.54) is 5.57 Å². The summed E-state index contributed by atoms with van der Waals surface area (Å²) in [5, 5.41) is 29.5. The fourth-order valence-corrected chi connectivity index (χ4v) is 3.67. The number of Topliss-reactive ketones (excluding diaryl/α,β-unsaturated/α-hetero) is 1. The highest BCUT2D eigenvalue weighted by atomic mass is 16.4. The fourth-order valence-electron chi connectivity index (χ4n) is 3.67. The number of unbranched alkanes of at least 4 members (excludes halogenated alkanes) is 3. The molecule has 0 aromatic heterocycles. The van der Waals surface area contributed by atoms with E-state index in [0.29, 0.717) is 12.8 Å². The molecule has 0 bridgehead atoms. The molecule has 0 amide bonds. The van der Waals surface area contributed by atoms with Gasteiger partial charge in [0.2, 0.25) is 0 Å². The van der Waals surface area contributed by atoms with Gasteiger partial charge in [-0.25, -0.2) is 0 Å². The minimum Gasteiger partial charge on any atom is -0.481 e. The van der Waals surface area contributed by atoms with Crippen molar-refractivity contribution in [2.45, 2.75) is 91.3 Å². The molecule has 5 heteroatoms. The first-order chi connectivity index (χ1) is 13.0. The van der Waals surface area contributed by atoms with Crippen molar-refractivity contribution >= 4 is 11.8 Å². The molecule has 160 valence electrons. The van der Waals surface area contributed by atoms with Gasteiger partial charge < -0.3 is 15.3 Å². The molecule has 1 aliphatic rings. The van der Waals surface area contributed by atoms with Gasteiger partial charge in [-0.3, -0.25) is 9.59 Å². The Morgan fingerprint density at radius 3 is 2.46 bits per heavy atom. The molecule has 0 radical (unpaired) electrons. The Labute approximate surface area is 169 Å². The molecule has 1 rings (SSSR count). The van der Waals surface area contributed by atoms with Gasteiger partial charge in [-0.15, -0.1) is 0 Å². The molecule has 28 heavy (non-hydrogen) atoms. The number of carbonyl (C=O) groups is 2. The van der Waals surface area contributed by atoms with Gasteiger partial charge in [0.15, 0.2) is 0 Å². The number of ketones is 1. The van der Waals surface area contributed by atoms with Crippen LogP contribution >= 0.6 is 0 Å². The maximum Gasteiger partial charge on any atom is 0.303 e. The number of aliphatic hydroxyl groups is 2. The topological polar surface area (TPSA) is 94.8 Å². The predicted octanol–water partition coefficient (Wildman–Crippen LogP) is 4.28. The average molecular weight is 395 g/mol. The van der Waals surface area contributed by atoms with Crippen LogP contribution in [0.4, 0.5) is 0 Å². The fraction of sp³-hybridized carbons (Fsp3) is 0.739. The normalized spacial score (nSPS) is 23.9. The second-order valence-electron chi connectivity index (χ2n) is 9.07. The third kappa shape index (κ3) is 8.27. The first-order valence-corrected chi connectivity index (χ1v) is 10.5. The number of allylic oxidation sites excluding steroid dienone is 2. The zero-order valence-electron chi connectivity index (χ0n) is 17.9. The van der Waals surface area contributed by atoms with Gasteiger partial charge in [-0.05, 0) is 38.5 Å². The van der Waals surface area contributed by atoms with Crippen molar-refractivity contribution in [3.05, 3.63) is 23.8 Å². The molecule has 0 saturated heterocycles. The standard InChI is InChI=1S/C23H38O5/c1-16(2)13-14-23(3,4)21(26)12-11-18-17(19(24)15-20(18)25)9-7-5-6-8-10-22(27)28/h11-13,17-18,20-21,25-26H,5-10,14-15H2,1-4H3,(H,27,28)/t17-,18-,20-,21-/m1/s1. The van der Waals surface area contributed by atoms with Gasteiger partial charge in [0.25, 0.3) is 0 Å². The summed E-state index contributed by atoms with van der Waals surface area (Å²) >= 11 is 0. The maximum absolute atomic E-state index is 12.3. The van der Waals surface area contributed by atoms with Crippen LogP contribution in [-0.2, 0) is 9.59 Å². The SMILES string of the molecule is CC(C)=CCC(C)(C)[C@H](O)C=C[C@H]1[C@H](O)CC(=O)[C@@H]1CCCCCCC(=O)O. The number of hydrogen-bond donors (Lipinski definition) is 3. The lowest BCUT2D eigenvalue weighted by Crippen LogP contribution is -2.28. The van der Waals surface area contributed by atoms with Crippen molar-refractivity contribution < 1.29 is 24.9 Å². The number of carboxylic acid groups (broad SMARTS) is 1. The Morgan fingerprint density at radius 1 is 1.21 bits per heavy atom. The molecule has 4 atom stereocenters. The van der Waals surface area contributed by atoms with Crippen LogP contribution in [0.1, 0.15) is 79.1 Å². The largest absolute Gasteiger partial charge is 0.481 e. The lowest BCUT2D eigenvalue weighted by atomic mass is 9.81. The summed E-state index contributed by atoms with van der Waals surface area (Å²) in [6, 6.07) is 0. The average Bonchev–Trinajstić information content (AvgIpc) is 2.86. The minimum absolute atomic E-state index is 0.0889. The Morgan fingerprint density at radius 2 is 1.86 bits per heavy atom. The van der Waals surface area contributed by atoms with E-state index in [-0.39, 0.29) is 35.9 Å². The van der Waals surface area contributed by atoms with Crippen molar-refractivity contribution in [3.63, 3.8) is 0 Å². The monoisotopic (exact) mass is 394 g/mol. The summed E-state index contributed by atoms with van der Waals surface area (Å²) in [5.74, 6) is -1.14. The Bertz CT molecular complexity index is 572. The molecular weight excluding hydrogens is 356 g/mol. The molecule has 0 aromatic rings. The molecule has 0 aromatic carbocycles. The predicted molar refractivity (Wildman–Crippen MR) is 111 cm³/mol. The van der Waals surface area contributed by atoms with Crippen LogP contribution in [0.2, 0.25) is 0 Å². The molecule has 0 spiro atoms. The molecule has 0 aliphatic heterocycles. The highest BCUT2D eigenvalue weighted by Crippen LogP contribution is 2.35. The number of aliphatic hydroxyl groups excluding tert-OH is 2. The number of carboxylic acids is 1. The zero-order chi connectivity index (χ0) is 21.3. The van der Waals surface area contributed by atoms with Crippen molar-refractivity contribution in [2.75, 3.05) is 0 Å². The molecule has 1 aliphatic carbocycles. The first kappa shape index (κ1) is 24.6. The molecular formula is C23H38O5. The highest BCUT2D eigenvalue weighted by Gasteiger charge is 2.39. The lowest BCUT2D eigenvalue weighted by molar-refractivity contribution is -0.137. The molecule has 0 unspecified atom stereocenters. The van der Waals surface area contributed by atoms with E-state index in [2.05, 4.69) is 6.08 Å². The third-order valence-electron chi connectivity index (χ3n) is 5.74. The number of rotatable bonds is 12. The van der Waals surface area contributed by atoms with Gasteiger partial charge in [0, 0.05) is 24.7 Å². The van der Waals surface area contributed by atoms with Crippen LogP contribution < -0.4 is 0 Å². The van der Waals surface area contributed by atoms with Crippen LogP contribution in [-0.4, -0.2) is 39.3 Å². The summed E-state index contributed by atoms with van der Waals surface area (Å²) in [5.41, 5.74) is 0.894. The second kappa shape index (κ2) is 11.5. The number of hydrogen-bond acceptors (Lipinski definition) is 4. The maximum atomic E-state index is 12.3. The van der Waals surface area contributed by atoms with Crippen molar-refractivity contribution in [1.29, 1.82) is 0 Å². The summed E-state index contributed by atoms with van der Waals surface area (Å²) in [4.78, 5) is 22.8. The summed E-state index contributed by atoms with van der Waals surface area (Å²) in [7, 11) is 0. The summed E-state index contributed by atoms with van der Waals surface area (Å²) in [6.07, 6.45) is 9.41. The molecule has 1 fully saturated rings. The smallest absolute Gasteiger partial charge is 0.303 e. The number of carbonyl (C=O) groups excluding carboxylic acids is 1. The Hall–Kier alpha value is -1.46. The molecule has 0 heterocycles. The third-order valence-corrected chi connectivity index (χ3v) is 5.74. The molecule has 1 saturated carbocycles. The molecule has 5 nitrogen and oxygen atoms in total. The van der Waals surface area contributed by atoms with E-state index in [1.807, 2.05) is 33.8 Å². The van der Waals surface area contributed by atoms with E-state index in [9.17, 15) is 19.8 Å².